The van der Waals surface area contributed by atoms with Crippen LogP contribution in [0.25, 0.3) is 6.20 Å². The number of H-pyrrole nitrogens is 1. The Morgan fingerprint density at radius 2 is 2.50 bits per heavy atom. The second-order valence-electron chi connectivity index (χ2n) is 1.93. The lowest BCUT2D eigenvalue weighted by atomic mass is 10.5. The first kappa shape index (κ1) is 5.21. The van der Waals surface area contributed by atoms with Gasteiger partial charge in [0, 0.05) is 23.5 Å². The fourth-order valence-electron chi connectivity index (χ4n) is 0.822. The maximum absolute atomic E-state index is 4.03. The van der Waals surface area contributed by atoms with E-state index in [0.29, 0.717) is 0 Å². The zero-order valence-corrected chi connectivity index (χ0v) is 5.20. The molecule has 0 fully saturated rings. The van der Waals surface area contributed by atoms with E-state index < -0.39 is 0 Å². The molecule has 0 saturated carbocycles. The molecule has 48 valence electrons. The van der Waals surface area contributed by atoms with E-state index in [2.05, 4.69) is 20.8 Å². The van der Waals surface area contributed by atoms with Gasteiger partial charge in [-0.05, 0) is 6.07 Å². The zero-order valence-electron chi connectivity index (χ0n) is 5.20. The first-order valence-corrected chi connectivity index (χ1v) is 2.95. The molecule has 1 aromatic heterocycles. The van der Waals surface area contributed by atoms with Crippen molar-refractivity contribution in [3.63, 3.8) is 0 Å². The van der Waals surface area contributed by atoms with E-state index in [-0.39, 0.29) is 0 Å². The van der Waals surface area contributed by atoms with Crippen LogP contribution in [0.1, 0.15) is 0 Å². The van der Waals surface area contributed by atoms with Crippen molar-refractivity contribution in [1.29, 1.82) is 0 Å². The van der Waals surface area contributed by atoms with Crippen LogP contribution in [0.15, 0.2) is 28.4 Å². The molecule has 2 rings (SSSR count). The molecule has 0 atom stereocenters. The summed E-state index contributed by atoms with van der Waals surface area (Å²) in [6.45, 7) is 0. The lowest BCUT2D eigenvalue weighted by Crippen LogP contribution is -2.20. The fourth-order valence-corrected chi connectivity index (χ4v) is 0.822. The van der Waals surface area contributed by atoms with Gasteiger partial charge in [0.1, 0.15) is 5.49 Å². The minimum absolute atomic E-state index is 0.841. The van der Waals surface area contributed by atoms with Crippen LogP contribution in [-0.2, 0) is 0 Å². The van der Waals surface area contributed by atoms with Crippen LogP contribution in [0.4, 0.5) is 0 Å². The van der Waals surface area contributed by atoms with Crippen LogP contribution < -0.4 is 10.7 Å². The number of hydrogen-bond donors (Lipinski definition) is 1. The summed E-state index contributed by atoms with van der Waals surface area (Å²) in [7, 11) is 0. The van der Waals surface area contributed by atoms with Crippen LogP contribution in [0.5, 0.6) is 0 Å². The number of aliphatic imine (C=N–C) groups is 1. The van der Waals surface area contributed by atoms with Gasteiger partial charge in [-0.3, -0.25) is 0 Å². The Labute approximate surface area is 57.1 Å². The van der Waals surface area contributed by atoms with E-state index in [1.807, 2.05) is 12.3 Å². The van der Waals surface area contributed by atoms with Gasteiger partial charge in [0.2, 0.25) is 0 Å². The molecule has 0 aromatic carbocycles. The molecule has 10 heavy (non-hydrogen) atoms. The molecular weight excluding hydrogens is 126 g/mol. The molecule has 0 radical (unpaired) electrons. The van der Waals surface area contributed by atoms with Crippen molar-refractivity contribution in [2.75, 3.05) is 0 Å². The molecular formula is C7H5N3. The van der Waals surface area contributed by atoms with Crippen LogP contribution in [-0.4, -0.2) is 10.9 Å². The summed E-state index contributed by atoms with van der Waals surface area (Å²) in [6, 6.07) is 1.92. The molecule has 1 aliphatic heterocycles. The van der Waals surface area contributed by atoms with Crippen molar-refractivity contribution >= 4 is 12.1 Å². The highest BCUT2D eigenvalue weighted by Gasteiger charge is 1.85. The normalized spacial score (nSPS) is 13.2. The number of fused-ring (bicyclic) bond motifs is 1. The quantitative estimate of drug-likeness (QED) is 0.496. The van der Waals surface area contributed by atoms with Gasteiger partial charge in [0.25, 0.3) is 0 Å². The summed E-state index contributed by atoms with van der Waals surface area (Å²) < 4.78 is 0. The van der Waals surface area contributed by atoms with Crippen molar-refractivity contribution in [2.24, 2.45) is 9.98 Å². The number of rotatable bonds is 0. The van der Waals surface area contributed by atoms with Gasteiger partial charge in [-0.2, -0.15) is 0 Å². The second kappa shape index (κ2) is 1.97. The Morgan fingerprint density at radius 3 is 3.50 bits per heavy atom. The average Bonchev–Trinajstić information content (AvgIpc) is 2.28. The highest BCUT2D eigenvalue weighted by molar-refractivity contribution is 5.56. The largest absolute Gasteiger partial charge is 0.346 e. The number of aromatic amines is 1. The summed E-state index contributed by atoms with van der Waals surface area (Å²) in [5, 5.41) is 1.00. The summed E-state index contributed by atoms with van der Waals surface area (Å²) in [6.07, 6.45) is 5.09. The van der Waals surface area contributed by atoms with Gasteiger partial charge in [-0.25, -0.2) is 9.98 Å². The number of hydrogen-bond acceptors (Lipinski definition) is 2. The number of nitrogens with one attached hydrogen (secondary N) is 1. The maximum atomic E-state index is 4.03. The molecule has 1 aromatic rings. The van der Waals surface area contributed by atoms with E-state index in [1.165, 1.54) is 0 Å². The van der Waals surface area contributed by atoms with Gasteiger partial charge in [0.05, 0.1) is 6.20 Å². The lowest BCUT2D eigenvalue weighted by Gasteiger charge is -1.70. The van der Waals surface area contributed by atoms with Crippen molar-refractivity contribution < 1.29 is 0 Å². The van der Waals surface area contributed by atoms with Gasteiger partial charge in [0.15, 0.2) is 0 Å². The van der Waals surface area contributed by atoms with Gasteiger partial charge >= 0.3 is 0 Å². The van der Waals surface area contributed by atoms with Crippen LogP contribution >= 0.6 is 0 Å². The van der Waals surface area contributed by atoms with E-state index in [9.17, 15) is 0 Å². The van der Waals surface area contributed by atoms with Crippen molar-refractivity contribution in [3.05, 3.63) is 29.2 Å². The highest BCUT2D eigenvalue weighted by Crippen LogP contribution is 1.72. The minimum atomic E-state index is 0.841. The highest BCUT2D eigenvalue weighted by atomic mass is 14.8. The van der Waals surface area contributed by atoms with Gasteiger partial charge < -0.3 is 4.98 Å². The second-order valence-corrected chi connectivity index (χ2v) is 1.93. The topological polar surface area (TPSA) is 40.5 Å². The minimum Gasteiger partial charge on any atom is -0.346 e. The van der Waals surface area contributed by atoms with E-state index in [1.54, 1.807) is 12.4 Å². The first-order chi connectivity index (χ1) is 4.97. The van der Waals surface area contributed by atoms with E-state index >= 15 is 0 Å². The standard InChI is InChI=1S/C7H5N3/c1-2-9-7-6(1)5-8-3-4-10-7/h1-2,4-5H,(H,9,10). The Morgan fingerprint density at radius 1 is 1.50 bits per heavy atom. The number of aromatic nitrogens is 1. The van der Waals surface area contributed by atoms with Crippen LogP contribution in [0, 0.1) is 0 Å². The molecule has 1 N–H and O–H groups in total. The molecule has 0 unspecified atom stereocenters. The van der Waals surface area contributed by atoms with Crippen LogP contribution in [0.3, 0.4) is 0 Å². The summed E-state index contributed by atoms with van der Waals surface area (Å²) in [4.78, 5) is 10.8. The fraction of sp³-hybridized carbons (Fsp3) is 0. The van der Waals surface area contributed by atoms with Gasteiger partial charge in [-0.15, -0.1) is 0 Å². The molecule has 0 bridgehead atoms. The van der Waals surface area contributed by atoms with E-state index in [0.717, 1.165) is 10.7 Å². The predicted octanol–water partition coefficient (Wildman–Crippen LogP) is -0.431. The molecule has 0 amide bonds. The SMILES string of the molecule is C1=CN=c2[nH]ccc2=CN=1. The third-order valence-electron chi connectivity index (χ3n) is 1.29. The Bertz CT molecular complexity index is 370. The van der Waals surface area contributed by atoms with Crippen molar-refractivity contribution in [2.45, 2.75) is 0 Å². The third-order valence-corrected chi connectivity index (χ3v) is 1.29. The van der Waals surface area contributed by atoms with Crippen molar-refractivity contribution in [3.8, 4) is 0 Å². The van der Waals surface area contributed by atoms with Gasteiger partial charge in [-0.1, -0.05) is 0 Å². The summed E-state index contributed by atoms with van der Waals surface area (Å²) in [5.74, 6) is 2.64. The molecule has 0 saturated heterocycles. The molecule has 3 nitrogen and oxygen atoms in total. The lowest BCUT2D eigenvalue weighted by molar-refractivity contribution is 1.19. The molecule has 0 spiro atoms. The molecule has 0 aliphatic carbocycles. The Hall–Kier alpha value is -1.60. The van der Waals surface area contributed by atoms with Crippen molar-refractivity contribution in [1.82, 2.24) is 4.98 Å². The average molecular weight is 131 g/mol. The Kier molecular flexibility index (Phi) is 1.03. The maximum Gasteiger partial charge on any atom is 0.139 e. The van der Waals surface area contributed by atoms with Crippen LogP contribution in [0.2, 0.25) is 0 Å². The molecule has 3 heteroatoms. The Balaban J connectivity index is 2.94. The summed E-state index contributed by atoms with van der Waals surface area (Å²) in [5.41, 5.74) is 0.841. The number of nitrogens with zero attached hydrogens (tertiary/aromatic N) is 2. The third kappa shape index (κ3) is 0.694. The first-order valence-electron chi connectivity index (χ1n) is 2.95. The monoisotopic (exact) mass is 131 g/mol. The van der Waals surface area contributed by atoms with E-state index in [4.69, 9.17) is 0 Å². The molecule has 2 heterocycles. The summed E-state index contributed by atoms with van der Waals surface area (Å²) >= 11 is 0. The zero-order chi connectivity index (χ0) is 6.81. The smallest absolute Gasteiger partial charge is 0.139 e. The molecule has 1 aliphatic rings. The predicted molar refractivity (Wildman–Crippen MR) is 38.0 cm³/mol.